The molecule has 0 bridgehead atoms. The molecule has 2 N–H and O–H groups in total. The Morgan fingerprint density at radius 2 is 2.40 bits per heavy atom. The van der Waals surface area contributed by atoms with E-state index in [0.29, 0.717) is 23.4 Å². The molecule has 20 heavy (non-hydrogen) atoms. The zero-order valence-electron chi connectivity index (χ0n) is 11.2. The van der Waals surface area contributed by atoms with E-state index in [1.54, 1.807) is 23.4 Å². The molecule has 0 saturated carbocycles. The van der Waals surface area contributed by atoms with Crippen molar-refractivity contribution in [1.82, 2.24) is 10.2 Å². The Hall–Kier alpha value is -1.84. The second-order valence-corrected chi connectivity index (χ2v) is 5.31. The molecule has 1 aromatic rings. The molecule has 2 amide bonds. The molecule has 1 aromatic heterocycles. The predicted octanol–water partition coefficient (Wildman–Crippen LogP) is 0.442. The van der Waals surface area contributed by atoms with Crippen LogP contribution in [0.2, 0.25) is 0 Å². The van der Waals surface area contributed by atoms with Crippen LogP contribution in [0.25, 0.3) is 0 Å². The number of carbonyl (C=O) groups is 2. The molecule has 1 aliphatic heterocycles. The van der Waals surface area contributed by atoms with Crippen molar-refractivity contribution in [1.29, 1.82) is 0 Å². The fourth-order valence-corrected chi connectivity index (χ4v) is 3.09. The number of nitrogens with one attached hydrogen (secondary N) is 1. The Balaban J connectivity index is 2.23. The summed E-state index contributed by atoms with van der Waals surface area (Å²) in [5.74, 6) is 5.02. The van der Waals surface area contributed by atoms with Crippen LogP contribution in [0, 0.1) is 11.8 Å². The molecule has 0 spiro atoms. The number of likely N-dealkylation sites (tertiary alicyclic amines) is 1. The van der Waals surface area contributed by atoms with E-state index in [9.17, 15) is 9.59 Å². The van der Waals surface area contributed by atoms with E-state index in [1.807, 2.05) is 0 Å². The van der Waals surface area contributed by atoms with E-state index in [-0.39, 0.29) is 18.4 Å². The zero-order valence-corrected chi connectivity index (χ0v) is 12.0. The monoisotopic (exact) mass is 292 g/mol. The molecule has 1 fully saturated rings. The lowest BCUT2D eigenvalue weighted by molar-refractivity contribution is -0.124. The maximum atomic E-state index is 12.5. The number of hydrogen-bond donors (Lipinski definition) is 2. The molecular formula is C14H16N2O3S. The lowest BCUT2D eigenvalue weighted by Gasteiger charge is -2.22. The van der Waals surface area contributed by atoms with Crippen LogP contribution in [-0.4, -0.2) is 48.1 Å². The van der Waals surface area contributed by atoms with Crippen molar-refractivity contribution < 1.29 is 14.7 Å². The molecule has 0 aromatic carbocycles. The average Bonchev–Trinajstić information content (AvgIpc) is 3.12. The molecule has 2 rings (SSSR count). The number of nitrogens with zero attached hydrogens (tertiary/aromatic N) is 1. The van der Waals surface area contributed by atoms with Gasteiger partial charge in [0.1, 0.15) is 17.5 Å². The molecule has 0 radical (unpaired) electrons. The number of rotatable bonds is 2. The van der Waals surface area contributed by atoms with Gasteiger partial charge < -0.3 is 15.3 Å². The minimum absolute atomic E-state index is 0.129. The maximum Gasteiger partial charge on any atom is 0.265 e. The van der Waals surface area contributed by atoms with E-state index < -0.39 is 6.04 Å². The van der Waals surface area contributed by atoms with Crippen molar-refractivity contribution in [2.75, 3.05) is 20.2 Å². The van der Waals surface area contributed by atoms with E-state index in [4.69, 9.17) is 5.11 Å². The average molecular weight is 292 g/mol. The van der Waals surface area contributed by atoms with Crippen LogP contribution in [0.3, 0.4) is 0 Å². The number of aliphatic hydroxyl groups excluding tert-OH is 1. The molecular weight excluding hydrogens is 276 g/mol. The summed E-state index contributed by atoms with van der Waals surface area (Å²) in [6, 6.07) is 1.36. The van der Waals surface area contributed by atoms with Crippen LogP contribution >= 0.6 is 11.3 Å². The van der Waals surface area contributed by atoms with Gasteiger partial charge in [-0.25, -0.2) is 0 Å². The lowest BCUT2D eigenvalue weighted by Crippen LogP contribution is -2.44. The Labute approximate surface area is 121 Å². The SMILES string of the molecule is CNC(=O)C1CCCN1C(=O)c1sccc1C#CCO. The second kappa shape index (κ2) is 6.55. The van der Waals surface area contributed by atoms with E-state index in [0.717, 1.165) is 6.42 Å². The van der Waals surface area contributed by atoms with Crippen molar-refractivity contribution in [2.45, 2.75) is 18.9 Å². The largest absolute Gasteiger partial charge is 0.384 e. The molecule has 1 saturated heterocycles. The highest BCUT2D eigenvalue weighted by Gasteiger charge is 2.35. The summed E-state index contributed by atoms with van der Waals surface area (Å²) in [5, 5.41) is 13.1. The second-order valence-electron chi connectivity index (χ2n) is 4.39. The van der Waals surface area contributed by atoms with Gasteiger partial charge in [-0.2, -0.15) is 0 Å². The molecule has 1 unspecified atom stereocenters. The molecule has 1 atom stereocenters. The summed E-state index contributed by atoms with van der Waals surface area (Å²) in [4.78, 5) is 26.5. The normalized spacial score (nSPS) is 17.5. The first-order chi connectivity index (χ1) is 9.69. The number of amides is 2. The topological polar surface area (TPSA) is 69.6 Å². The van der Waals surface area contributed by atoms with Crippen LogP contribution in [0.4, 0.5) is 0 Å². The van der Waals surface area contributed by atoms with Crippen molar-refractivity contribution in [2.24, 2.45) is 0 Å². The van der Waals surface area contributed by atoms with Gasteiger partial charge in [0, 0.05) is 19.2 Å². The van der Waals surface area contributed by atoms with Gasteiger partial charge in [-0.15, -0.1) is 11.3 Å². The van der Waals surface area contributed by atoms with E-state index in [2.05, 4.69) is 17.2 Å². The van der Waals surface area contributed by atoms with Crippen molar-refractivity contribution >= 4 is 23.2 Å². The first-order valence-corrected chi connectivity index (χ1v) is 7.26. The smallest absolute Gasteiger partial charge is 0.265 e. The van der Waals surface area contributed by atoms with Crippen LogP contribution in [0.5, 0.6) is 0 Å². The van der Waals surface area contributed by atoms with Gasteiger partial charge in [-0.1, -0.05) is 11.8 Å². The van der Waals surface area contributed by atoms with Gasteiger partial charge >= 0.3 is 0 Å². The van der Waals surface area contributed by atoms with Crippen molar-refractivity contribution in [3.8, 4) is 11.8 Å². The highest BCUT2D eigenvalue weighted by molar-refractivity contribution is 7.12. The Bertz CT molecular complexity index is 570. The molecule has 1 aliphatic rings. The number of hydrogen-bond acceptors (Lipinski definition) is 4. The number of thiophene rings is 1. The predicted molar refractivity (Wildman–Crippen MR) is 76.4 cm³/mol. The van der Waals surface area contributed by atoms with Crippen LogP contribution < -0.4 is 5.32 Å². The van der Waals surface area contributed by atoms with E-state index >= 15 is 0 Å². The highest BCUT2D eigenvalue weighted by Crippen LogP contribution is 2.24. The summed E-state index contributed by atoms with van der Waals surface area (Å²) in [5.41, 5.74) is 0.608. The van der Waals surface area contributed by atoms with Gasteiger partial charge in [-0.05, 0) is 24.3 Å². The highest BCUT2D eigenvalue weighted by atomic mass is 32.1. The Morgan fingerprint density at radius 3 is 3.10 bits per heavy atom. The van der Waals surface area contributed by atoms with Crippen molar-refractivity contribution in [3.05, 3.63) is 21.9 Å². The van der Waals surface area contributed by atoms with Crippen LogP contribution in [0.1, 0.15) is 28.1 Å². The summed E-state index contributed by atoms with van der Waals surface area (Å²) in [7, 11) is 1.58. The van der Waals surface area contributed by atoms with Gasteiger partial charge in [-0.3, -0.25) is 9.59 Å². The van der Waals surface area contributed by atoms with Gasteiger partial charge in [0.15, 0.2) is 0 Å². The van der Waals surface area contributed by atoms with Crippen LogP contribution in [0.15, 0.2) is 11.4 Å². The lowest BCUT2D eigenvalue weighted by atomic mass is 10.2. The molecule has 2 heterocycles. The van der Waals surface area contributed by atoms with Gasteiger partial charge in [0.2, 0.25) is 5.91 Å². The minimum Gasteiger partial charge on any atom is -0.384 e. The molecule has 5 nitrogen and oxygen atoms in total. The Kier molecular flexibility index (Phi) is 4.77. The number of aliphatic hydroxyl groups is 1. The van der Waals surface area contributed by atoms with Gasteiger partial charge in [0.05, 0.1) is 0 Å². The van der Waals surface area contributed by atoms with Crippen LogP contribution in [-0.2, 0) is 4.79 Å². The number of likely N-dealkylation sites (N-methyl/N-ethyl adjacent to an activating group) is 1. The minimum atomic E-state index is -0.395. The summed E-state index contributed by atoms with van der Waals surface area (Å²) in [6.07, 6.45) is 1.52. The number of carbonyl (C=O) groups excluding carboxylic acids is 2. The first-order valence-electron chi connectivity index (χ1n) is 6.38. The van der Waals surface area contributed by atoms with Gasteiger partial charge in [0.25, 0.3) is 5.91 Å². The maximum absolute atomic E-state index is 12.5. The third kappa shape index (κ3) is 2.84. The Morgan fingerprint density at radius 1 is 1.60 bits per heavy atom. The summed E-state index contributed by atoms with van der Waals surface area (Å²) in [6.45, 7) is 0.343. The molecule has 106 valence electrons. The molecule has 0 aliphatic carbocycles. The zero-order chi connectivity index (χ0) is 14.5. The standard InChI is InChI=1S/C14H16N2O3S/c1-15-13(18)11-5-2-7-16(11)14(19)12-10(4-3-8-17)6-9-20-12/h6,9,11,17H,2,5,7-8H2,1H3,(H,15,18). The van der Waals surface area contributed by atoms with E-state index in [1.165, 1.54) is 11.3 Å². The fraction of sp³-hybridized carbons (Fsp3) is 0.429. The fourth-order valence-electron chi connectivity index (χ4n) is 2.29. The summed E-state index contributed by atoms with van der Waals surface area (Å²) >= 11 is 1.31. The first kappa shape index (κ1) is 14.6. The molecule has 6 heteroatoms. The summed E-state index contributed by atoms with van der Waals surface area (Å²) < 4.78 is 0. The quantitative estimate of drug-likeness (QED) is 0.777. The third-order valence-corrected chi connectivity index (χ3v) is 4.13. The van der Waals surface area contributed by atoms with Crippen molar-refractivity contribution in [3.63, 3.8) is 0 Å². The third-order valence-electron chi connectivity index (χ3n) is 3.22.